The van der Waals surface area contributed by atoms with Crippen molar-refractivity contribution in [3.05, 3.63) is 22.9 Å². The molecule has 3 heterocycles. The first-order chi connectivity index (χ1) is 15.6. The van der Waals surface area contributed by atoms with E-state index in [1.807, 2.05) is 0 Å². The van der Waals surface area contributed by atoms with Gasteiger partial charge >= 0.3 is 23.9 Å². The fourth-order valence-corrected chi connectivity index (χ4v) is 3.46. The highest BCUT2D eigenvalue weighted by molar-refractivity contribution is 5.72. The van der Waals surface area contributed by atoms with Gasteiger partial charge in [-0.1, -0.05) is 0 Å². The number of H-pyrrole nitrogens is 1. The number of nitrogens with one attached hydrogen (secondary N) is 1. The Kier molecular flexibility index (Phi) is 7.06. The van der Waals surface area contributed by atoms with E-state index in [1.165, 1.54) is 6.20 Å². The lowest BCUT2D eigenvalue weighted by Crippen LogP contribution is -2.61. The molecule has 0 radical (unpaired) electrons. The molecule has 1 aliphatic rings. The molecule has 0 amide bonds. The van der Waals surface area contributed by atoms with E-state index >= 15 is 0 Å². The molecule has 5 atom stereocenters. The van der Waals surface area contributed by atoms with Crippen LogP contribution in [0, 0.1) is 0 Å². The number of rotatable bonds is 6. The Balaban J connectivity index is 2.13. The van der Waals surface area contributed by atoms with Crippen LogP contribution >= 0.6 is 0 Å². The largest absolute Gasteiger partial charge is 0.463 e. The third-order valence-electron chi connectivity index (χ3n) is 4.64. The van der Waals surface area contributed by atoms with Crippen LogP contribution in [0.4, 0.5) is 0 Å². The van der Waals surface area contributed by atoms with Crippen molar-refractivity contribution < 1.29 is 42.9 Å². The topological polar surface area (TPSA) is 178 Å². The zero-order chi connectivity index (χ0) is 24.3. The second-order valence-corrected chi connectivity index (χ2v) is 7.18. The van der Waals surface area contributed by atoms with Crippen LogP contribution in [0.5, 0.6) is 0 Å². The summed E-state index contributed by atoms with van der Waals surface area (Å²) in [5, 5.41) is 6.44. The molecule has 2 aromatic rings. The Labute approximate surface area is 186 Å². The summed E-state index contributed by atoms with van der Waals surface area (Å²) >= 11 is 0. The Morgan fingerprint density at radius 1 is 0.970 bits per heavy atom. The SMILES string of the molecule is CC(=O)OC[C@@H]1O[C@H](n2cnc3[nH]ncc3c2=O)[C@H](OC(C)=O)[C@H](OC(C)=O)[C@H]1OC(C)=O. The number of hydrogen-bond donors (Lipinski definition) is 1. The van der Waals surface area contributed by atoms with Crippen LogP contribution in [0.15, 0.2) is 17.3 Å². The normalized spacial score (nSPS) is 24.7. The first kappa shape index (κ1) is 23.8. The lowest BCUT2D eigenvalue weighted by atomic mass is 9.97. The maximum absolute atomic E-state index is 13.0. The van der Waals surface area contributed by atoms with E-state index in [-0.39, 0.29) is 11.0 Å². The van der Waals surface area contributed by atoms with Gasteiger partial charge in [-0.25, -0.2) is 4.98 Å². The molecule has 1 N–H and O–H groups in total. The number of carbonyl (C=O) groups is 4. The van der Waals surface area contributed by atoms with E-state index in [4.69, 9.17) is 23.7 Å². The van der Waals surface area contributed by atoms with Crippen LogP contribution in [0.2, 0.25) is 0 Å². The molecule has 14 nitrogen and oxygen atoms in total. The fraction of sp³-hybridized carbons (Fsp3) is 0.526. The number of aromatic nitrogens is 4. The summed E-state index contributed by atoms with van der Waals surface area (Å²) in [4.78, 5) is 64.1. The fourth-order valence-electron chi connectivity index (χ4n) is 3.46. The zero-order valence-electron chi connectivity index (χ0n) is 18.2. The molecule has 1 saturated heterocycles. The lowest BCUT2D eigenvalue weighted by Gasteiger charge is -2.44. The Morgan fingerprint density at radius 2 is 1.58 bits per heavy atom. The highest BCUT2D eigenvalue weighted by atomic mass is 16.7. The minimum Gasteiger partial charge on any atom is -0.463 e. The van der Waals surface area contributed by atoms with E-state index in [1.54, 1.807) is 0 Å². The number of nitrogens with zero attached hydrogens (tertiary/aromatic N) is 3. The minimum absolute atomic E-state index is 0.116. The van der Waals surface area contributed by atoms with Crippen molar-refractivity contribution in [1.82, 2.24) is 19.7 Å². The standard InChI is InChI=1S/C19H22N4O10/c1-8(24)29-6-13-14(30-9(2)25)15(31-10(3)26)16(32-11(4)27)19(33-13)23-7-20-17-12(18(23)28)5-21-22-17/h5,7,13-16,19H,6H2,1-4H3,(H,21,22)/t13-,14-,15+,16+,19-/m0/s1. The number of hydrogen-bond acceptors (Lipinski definition) is 12. The lowest BCUT2D eigenvalue weighted by molar-refractivity contribution is -0.269. The van der Waals surface area contributed by atoms with E-state index in [9.17, 15) is 24.0 Å². The quantitative estimate of drug-likeness (QED) is 0.422. The second kappa shape index (κ2) is 9.77. The zero-order valence-corrected chi connectivity index (χ0v) is 18.2. The Hall–Kier alpha value is -3.81. The van der Waals surface area contributed by atoms with Crippen molar-refractivity contribution >= 4 is 34.9 Å². The van der Waals surface area contributed by atoms with Crippen LogP contribution in [-0.2, 0) is 42.9 Å². The molecule has 0 unspecified atom stereocenters. The number of fused-ring (bicyclic) bond motifs is 1. The molecule has 0 aliphatic carbocycles. The minimum atomic E-state index is -1.42. The number of carbonyl (C=O) groups excluding carboxylic acids is 4. The van der Waals surface area contributed by atoms with E-state index < -0.39 is 66.7 Å². The summed E-state index contributed by atoms with van der Waals surface area (Å²) in [7, 11) is 0. The summed E-state index contributed by atoms with van der Waals surface area (Å²) in [6, 6.07) is 0. The van der Waals surface area contributed by atoms with Gasteiger partial charge in [0, 0.05) is 27.7 Å². The van der Waals surface area contributed by atoms with Crippen molar-refractivity contribution in [3.63, 3.8) is 0 Å². The first-order valence-electron chi connectivity index (χ1n) is 9.79. The highest BCUT2D eigenvalue weighted by Gasteiger charge is 2.53. The smallest absolute Gasteiger partial charge is 0.303 e. The molecule has 14 heteroatoms. The summed E-state index contributed by atoms with van der Waals surface area (Å²) in [6.07, 6.45) is -4.34. The van der Waals surface area contributed by atoms with Crippen molar-refractivity contribution in [3.8, 4) is 0 Å². The van der Waals surface area contributed by atoms with Gasteiger partial charge in [0.25, 0.3) is 5.56 Å². The summed E-state index contributed by atoms with van der Waals surface area (Å²) in [5.74, 6) is -2.97. The molecular formula is C19H22N4O10. The maximum Gasteiger partial charge on any atom is 0.303 e. The molecular weight excluding hydrogens is 444 g/mol. The van der Waals surface area contributed by atoms with Crippen LogP contribution in [0.1, 0.15) is 33.9 Å². The number of ether oxygens (including phenoxy) is 5. The Morgan fingerprint density at radius 3 is 2.18 bits per heavy atom. The molecule has 0 bridgehead atoms. The second-order valence-electron chi connectivity index (χ2n) is 7.18. The van der Waals surface area contributed by atoms with E-state index in [0.717, 1.165) is 38.6 Å². The average molecular weight is 466 g/mol. The first-order valence-corrected chi connectivity index (χ1v) is 9.79. The van der Waals surface area contributed by atoms with Crippen LogP contribution in [-0.4, -0.2) is 74.6 Å². The highest BCUT2D eigenvalue weighted by Crippen LogP contribution is 2.34. The summed E-state index contributed by atoms with van der Waals surface area (Å²) < 4.78 is 28.0. The van der Waals surface area contributed by atoms with Crippen LogP contribution in [0.25, 0.3) is 11.0 Å². The van der Waals surface area contributed by atoms with Gasteiger partial charge in [0.15, 0.2) is 30.2 Å². The molecule has 178 valence electrons. The van der Waals surface area contributed by atoms with Gasteiger partial charge in [0.2, 0.25) is 0 Å². The van der Waals surface area contributed by atoms with Crippen LogP contribution in [0.3, 0.4) is 0 Å². The van der Waals surface area contributed by atoms with Gasteiger partial charge in [0.05, 0.1) is 6.20 Å². The predicted octanol–water partition coefficient (Wildman–Crippen LogP) is -0.625. The molecule has 3 rings (SSSR count). The molecule has 0 saturated carbocycles. The van der Waals surface area contributed by atoms with E-state index in [2.05, 4.69) is 15.2 Å². The molecule has 0 spiro atoms. The van der Waals surface area contributed by atoms with Crippen molar-refractivity contribution in [2.75, 3.05) is 6.61 Å². The summed E-state index contributed by atoms with van der Waals surface area (Å²) in [5.41, 5.74) is -0.392. The molecule has 0 aromatic carbocycles. The van der Waals surface area contributed by atoms with Gasteiger partial charge in [-0.05, 0) is 0 Å². The predicted molar refractivity (Wildman–Crippen MR) is 105 cm³/mol. The Bertz CT molecular complexity index is 1130. The van der Waals surface area contributed by atoms with Crippen molar-refractivity contribution in [2.24, 2.45) is 0 Å². The number of esters is 4. The third kappa shape index (κ3) is 5.34. The van der Waals surface area contributed by atoms with Crippen molar-refractivity contribution in [2.45, 2.75) is 58.3 Å². The van der Waals surface area contributed by atoms with Crippen LogP contribution < -0.4 is 5.56 Å². The molecule has 33 heavy (non-hydrogen) atoms. The van der Waals surface area contributed by atoms with Gasteiger partial charge in [-0.15, -0.1) is 0 Å². The molecule has 1 aliphatic heterocycles. The molecule has 2 aromatic heterocycles. The van der Waals surface area contributed by atoms with Gasteiger partial charge in [-0.3, -0.25) is 33.6 Å². The van der Waals surface area contributed by atoms with E-state index in [0.29, 0.717) is 0 Å². The number of aromatic amines is 1. The van der Waals surface area contributed by atoms with Gasteiger partial charge < -0.3 is 23.7 Å². The maximum atomic E-state index is 13.0. The average Bonchev–Trinajstić information content (AvgIpc) is 3.19. The van der Waals surface area contributed by atoms with Gasteiger partial charge in [0.1, 0.15) is 24.4 Å². The van der Waals surface area contributed by atoms with Crippen molar-refractivity contribution in [1.29, 1.82) is 0 Å². The molecule has 1 fully saturated rings. The monoisotopic (exact) mass is 466 g/mol. The summed E-state index contributed by atoms with van der Waals surface area (Å²) in [6.45, 7) is 4.07. The van der Waals surface area contributed by atoms with Gasteiger partial charge in [-0.2, -0.15) is 5.10 Å². The third-order valence-corrected chi connectivity index (χ3v) is 4.64.